The van der Waals surface area contributed by atoms with E-state index < -0.39 is 11.9 Å². The van der Waals surface area contributed by atoms with E-state index in [4.69, 9.17) is 5.11 Å². The Balaban J connectivity index is 0. The van der Waals surface area contributed by atoms with Gasteiger partial charge >= 0.3 is 17.9 Å². The molecule has 0 unspecified atom stereocenters. The standard InChI is InChI=1S/C8H12O4.C4H6O2/c1-2-3-6-12-8(11)5-4-7(9)10;1-3-6-4(2)5/h4-5H,2-3,6H2,1H3,(H,9,10);3H,1H2,2H3/b5-4-;. The van der Waals surface area contributed by atoms with Crippen molar-refractivity contribution in [2.24, 2.45) is 0 Å². The van der Waals surface area contributed by atoms with Crippen molar-refractivity contribution >= 4 is 17.9 Å². The van der Waals surface area contributed by atoms with Crippen molar-refractivity contribution in [3.05, 3.63) is 25.0 Å². The molecular formula is C12H18O6. The smallest absolute Gasteiger partial charge is 0.331 e. The van der Waals surface area contributed by atoms with Crippen LogP contribution in [0.4, 0.5) is 0 Å². The van der Waals surface area contributed by atoms with Crippen LogP contribution in [0.25, 0.3) is 0 Å². The van der Waals surface area contributed by atoms with E-state index in [-0.39, 0.29) is 5.97 Å². The molecule has 0 radical (unpaired) electrons. The second-order valence-corrected chi connectivity index (χ2v) is 2.97. The summed E-state index contributed by atoms with van der Waals surface area (Å²) in [5.74, 6) is -2.08. The fourth-order valence-electron chi connectivity index (χ4n) is 0.622. The Labute approximate surface area is 106 Å². The van der Waals surface area contributed by atoms with E-state index in [9.17, 15) is 14.4 Å². The number of carbonyl (C=O) groups excluding carboxylic acids is 2. The van der Waals surface area contributed by atoms with E-state index in [0.29, 0.717) is 6.61 Å². The summed E-state index contributed by atoms with van der Waals surface area (Å²) in [5, 5.41) is 8.14. The number of aliphatic carboxylic acids is 1. The Morgan fingerprint density at radius 2 is 1.89 bits per heavy atom. The van der Waals surface area contributed by atoms with Crippen LogP contribution < -0.4 is 0 Å². The molecule has 6 nitrogen and oxygen atoms in total. The van der Waals surface area contributed by atoms with Crippen molar-refractivity contribution in [3.8, 4) is 0 Å². The average molecular weight is 258 g/mol. The fourth-order valence-corrected chi connectivity index (χ4v) is 0.622. The number of unbranched alkanes of at least 4 members (excludes halogenated alkanes) is 1. The molecule has 0 saturated heterocycles. The number of carboxylic acids is 1. The zero-order valence-corrected chi connectivity index (χ0v) is 10.5. The molecule has 102 valence electrons. The molecule has 6 heteroatoms. The molecule has 0 aliphatic carbocycles. The molecule has 0 heterocycles. The third-order valence-electron chi connectivity index (χ3n) is 1.35. The Kier molecular flexibility index (Phi) is 13.1. The monoisotopic (exact) mass is 258 g/mol. The largest absolute Gasteiger partial charge is 0.478 e. The molecule has 0 rings (SSSR count). The first-order valence-electron chi connectivity index (χ1n) is 5.29. The van der Waals surface area contributed by atoms with Crippen molar-refractivity contribution in [1.82, 2.24) is 0 Å². The lowest BCUT2D eigenvalue weighted by atomic mass is 10.4. The molecule has 0 atom stereocenters. The highest BCUT2D eigenvalue weighted by atomic mass is 16.5. The molecule has 0 aromatic heterocycles. The highest BCUT2D eigenvalue weighted by molar-refractivity contribution is 5.90. The van der Waals surface area contributed by atoms with E-state index in [0.717, 1.165) is 31.3 Å². The summed E-state index contributed by atoms with van der Waals surface area (Å²) in [4.78, 5) is 30.3. The van der Waals surface area contributed by atoms with Gasteiger partial charge in [0.2, 0.25) is 0 Å². The first kappa shape index (κ1) is 18.3. The van der Waals surface area contributed by atoms with Gasteiger partial charge in [-0.05, 0) is 6.42 Å². The zero-order chi connectivity index (χ0) is 14.4. The van der Waals surface area contributed by atoms with Gasteiger partial charge in [0.15, 0.2) is 0 Å². The minimum absolute atomic E-state index is 0.329. The second-order valence-electron chi connectivity index (χ2n) is 2.97. The van der Waals surface area contributed by atoms with Gasteiger partial charge in [-0.1, -0.05) is 19.9 Å². The molecule has 18 heavy (non-hydrogen) atoms. The lowest BCUT2D eigenvalue weighted by molar-refractivity contribution is -0.138. The van der Waals surface area contributed by atoms with E-state index in [2.05, 4.69) is 16.1 Å². The highest BCUT2D eigenvalue weighted by Crippen LogP contribution is 1.89. The molecule has 1 N–H and O–H groups in total. The predicted octanol–water partition coefficient (Wildman–Crippen LogP) is 1.66. The van der Waals surface area contributed by atoms with Crippen LogP contribution in [-0.2, 0) is 23.9 Å². The number of ether oxygens (including phenoxy) is 2. The molecule has 0 aliphatic rings. The quantitative estimate of drug-likeness (QED) is 0.337. The highest BCUT2D eigenvalue weighted by Gasteiger charge is 1.96. The first-order chi connectivity index (χ1) is 8.43. The number of rotatable bonds is 6. The number of hydrogen-bond acceptors (Lipinski definition) is 5. The number of hydrogen-bond donors (Lipinski definition) is 1. The maximum absolute atomic E-state index is 10.6. The van der Waals surface area contributed by atoms with Gasteiger partial charge in [-0.2, -0.15) is 0 Å². The van der Waals surface area contributed by atoms with Gasteiger partial charge in [0.25, 0.3) is 0 Å². The van der Waals surface area contributed by atoms with Crippen LogP contribution in [-0.4, -0.2) is 29.6 Å². The van der Waals surface area contributed by atoms with E-state index in [1.807, 2.05) is 6.92 Å². The third-order valence-corrected chi connectivity index (χ3v) is 1.35. The molecule has 0 saturated carbocycles. The van der Waals surface area contributed by atoms with Crippen molar-refractivity contribution in [2.45, 2.75) is 26.7 Å². The minimum Gasteiger partial charge on any atom is -0.478 e. The Morgan fingerprint density at radius 1 is 1.28 bits per heavy atom. The summed E-state index contributed by atoms with van der Waals surface area (Å²) >= 11 is 0. The van der Waals surface area contributed by atoms with Crippen LogP contribution in [0, 0.1) is 0 Å². The molecule has 0 fully saturated rings. The second kappa shape index (κ2) is 13.0. The van der Waals surface area contributed by atoms with E-state index >= 15 is 0 Å². The van der Waals surface area contributed by atoms with Gasteiger partial charge in [0.05, 0.1) is 12.9 Å². The Morgan fingerprint density at radius 3 is 2.22 bits per heavy atom. The van der Waals surface area contributed by atoms with Crippen LogP contribution in [0.15, 0.2) is 25.0 Å². The lowest BCUT2D eigenvalue weighted by Crippen LogP contribution is -2.02. The summed E-state index contributed by atoms with van der Waals surface area (Å²) in [6.45, 7) is 6.80. The van der Waals surface area contributed by atoms with Gasteiger partial charge in [-0.3, -0.25) is 4.79 Å². The van der Waals surface area contributed by atoms with Gasteiger partial charge in [-0.15, -0.1) is 0 Å². The lowest BCUT2D eigenvalue weighted by Gasteiger charge is -1.97. The van der Waals surface area contributed by atoms with Crippen LogP contribution in [0.5, 0.6) is 0 Å². The summed E-state index contributed by atoms with van der Waals surface area (Å²) in [6, 6.07) is 0. The van der Waals surface area contributed by atoms with Crippen molar-refractivity contribution < 1.29 is 29.0 Å². The molecule has 0 aromatic carbocycles. The molecule has 0 spiro atoms. The fraction of sp³-hybridized carbons (Fsp3) is 0.417. The van der Waals surface area contributed by atoms with Crippen LogP contribution >= 0.6 is 0 Å². The van der Waals surface area contributed by atoms with Crippen LogP contribution in [0.1, 0.15) is 26.7 Å². The summed E-state index contributed by atoms with van der Waals surface area (Å²) < 4.78 is 8.81. The maximum Gasteiger partial charge on any atom is 0.331 e. The zero-order valence-electron chi connectivity index (χ0n) is 10.5. The Hall–Kier alpha value is -2.11. The van der Waals surface area contributed by atoms with Gasteiger partial charge < -0.3 is 14.6 Å². The van der Waals surface area contributed by atoms with Crippen LogP contribution in [0.2, 0.25) is 0 Å². The first-order valence-corrected chi connectivity index (χ1v) is 5.29. The Bertz CT molecular complexity index is 306. The predicted molar refractivity (Wildman–Crippen MR) is 64.6 cm³/mol. The molecule has 0 aliphatic heterocycles. The summed E-state index contributed by atoms with van der Waals surface area (Å²) in [7, 11) is 0. The van der Waals surface area contributed by atoms with Crippen molar-refractivity contribution in [1.29, 1.82) is 0 Å². The topological polar surface area (TPSA) is 89.9 Å². The van der Waals surface area contributed by atoms with Gasteiger partial charge in [0, 0.05) is 19.1 Å². The molecular weight excluding hydrogens is 240 g/mol. The van der Waals surface area contributed by atoms with E-state index in [1.54, 1.807) is 0 Å². The molecule has 0 amide bonds. The SMILES string of the molecule is C=COC(C)=O.CCCCOC(=O)/C=C\C(=O)O. The van der Waals surface area contributed by atoms with Gasteiger partial charge in [-0.25, -0.2) is 9.59 Å². The van der Waals surface area contributed by atoms with Crippen molar-refractivity contribution in [2.75, 3.05) is 6.61 Å². The maximum atomic E-state index is 10.6. The average Bonchev–Trinajstić information content (AvgIpc) is 2.27. The minimum atomic E-state index is -1.15. The third kappa shape index (κ3) is 19.5. The summed E-state index contributed by atoms with van der Waals surface area (Å²) in [6.07, 6.45) is 4.50. The summed E-state index contributed by atoms with van der Waals surface area (Å²) in [5.41, 5.74) is 0. The van der Waals surface area contributed by atoms with Crippen molar-refractivity contribution in [3.63, 3.8) is 0 Å². The number of carboxylic acid groups (broad SMARTS) is 1. The normalized spacial score (nSPS) is 9.00. The number of esters is 2. The molecule has 0 bridgehead atoms. The number of carbonyl (C=O) groups is 3. The van der Waals surface area contributed by atoms with Crippen LogP contribution in [0.3, 0.4) is 0 Å². The van der Waals surface area contributed by atoms with E-state index in [1.165, 1.54) is 6.92 Å². The van der Waals surface area contributed by atoms with Gasteiger partial charge in [0.1, 0.15) is 0 Å². The molecule has 0 aromatic rings.